The van der Waals surface area contributed by atoms with Crippen molar-refractivity contribution >= 4 is 33.9 Å². The minimum atomic E-state index is -0.663. The fourth-order valence-corrected chi connectivity index (χ4v) is 5.39. The maximum absolute atomic E-state index is 14.9. The van der Waals surface area contributed by atoms with Crippen molar-refractivity contribution in [1.82, 2.24) is 14.6 Å². The van der Waals surface area contributed by atoms with E-state index >= 15 is 0 Å². The summed E-state index contributed by atoms with van der Waals surface area (Å²) in [6.45, 7) is 0. The highest BCUT2D eigenvalue weighted by Crippen LogP contribution is 2.51. The third-order valence-corrected chi connectivity index (χ3v) is 7.04. The van der Waals surface area contributed by atoms with Crippen LogP contribution in [0.4, 0.5) is 20.1 Å². The number of phenols is 1. The van der Waals surface area contributed by atoms with Crippen LogP contribution in [0.5, 0.6) is 5.75 Å². The topological polar surface area (TPSA) is 101 Å². The van der Waals surface area contributed by atoms with E-state index in [0.717, 1.165) is 40.6 Å². The quantitative estimate of drug-likeness (QED) is 0.411. The van der Waals surface area contributed by atoms with E-state index in [1.165, 1.54) is 18.1 Å². The molecule has 3 N–H and O–H groups in total. The molecule has 3 aromatic heterocycles. The standard InChI is InChI=1S/C22H18FN5O3S/c1-31-22(30)26-21-25-18-14-9-16(10-2-3-10)32-20(14)24-17(12-5-4-11(29)8-15(12)23)13-6-7-28(27-21)19(13)18/h4-10,17,24,29H,2-3H2,1H3,(H,26,27,30). The highest BCUT2D eigenvalue weighted by atomic mass is 32.1. The van der Waals surface area contributed by atoms with Crippen molar-refractivity contribution < 1.29 is 19.0 Å². The molecule has 1 aliphatic carbocycles. The first kappa shape index (κ1) is 19.1. The number of fused-ring (bicyclic) bond motifs is 2. The van der Waals surface area contributed by atoms with Crippen molar-refractivity contribution in [2.24, 2.45) is 0 Å². The van der Waals surface area contributed by atoms with Gasteiger partial charge in [0.15, 0.2) is 0 Å². The average Bonchev–Trinajstić information content (AvgIpc) is 3.43. The molecule has 10 heteroatoms. The lowest BCUT2D eigenvalue weighted by molar-refractivity contribution is 0.186. The molecular formula is C22H18FN5O3S. The zero-order valence-corrected chi connectivity index (χ0v) is 17.7. The summed E-state index contributed by atoms with van der Waals surface area (Å²) in [4.78, 5) is 17.6. The van der Waals surface area contributed by atoms with E-state index in [9.17, 15) is 14.3 Å². The first-order chi connectivity index (χ1) is 15.5. The van der Waals surface area contributed by atoms with Crippen molar-refractivity contribution in [1.29, 1.82) is 0 Å². The zero-order valence-electron chi connectivity index (χ0n) is 16.9. The maximum Gasteiger partial charge on any atom is 0.413 e. The van der Waals surface area contributed by atoms with Crippen LogP contribution < -0.4 is 10.6 Å². The van der Waals surface area contributed by atoms with E-state index in [-0.39, 0.29) is 11.7 Å². The number of aromatic hydroxyl groups is 1. The summed E-state index contributed by atoms with van der Waals surface area (Å²) >= 11 is 1.64. The Morgan fingerprint density at radius 2 is 2.16 bits per heavy atom. The molecule has 1 saturated carbocycles. The van der Waals surface area contributed by atoms with Gasteiger partial charge in [-0.2, -0.15) is 0 Å². The van der Waals surface area contributed by atoms with Gasteiger partial charge in [-0.15, -0.1) is 16.4 Å². The molecule has 32 heavy (non-hydrogen) atoms. The molecule has 2 aliphatic rings. The van der Waals surface area contributed by atoms with Gasteiger partial charge >= 0.3 is 6.09 Å². The largest absolute Gasteiger partial charge is 0.508 e. The number of halogens is 1. The zero-order chi connectivity index (χ0) is 22.0. The Morgan fingerprint density at radius 1 is 1.31 bits per heavy atom. The van der Waals surface area contributed by atoms with Gasteiger partial charge in [-0.1, -0.05) is 6.07 Å². The number of carbonyl (C=O) groups is 1. The van der Waals surface area contributed by atoms with Crippen molar-refractivity contribution in [2.75, 3.05) is 17.7 Å². The van der Waals surface area contributed by atoms with E-state index in [0.29, 0.717) is 17.2 Å². The van der Waals surface area contributed by atoms with Crippen LogP contribution in [0.3, 0.4) is 0 Å². The Balaban J connectivity index is 1.59. The second kappa shape index (κ2) is 6.92. The number of hydrogen-bond acceptors (Lipinski definition) is 7. The molecule has 0 spiro atoms. The fourth-order valence-electron chi connectivity index (χ4n) is 4.13. The van der Waals surface area contributed by atoms with Crippen LogP contribution in [-0.2, 0) is 4.74 Å². The van der Waals surface area contributed by atoms with Crippen LogP contribution in [0.1, 0.15) is 40.8 Å². The Morgan fingerprint density at radius 3 is 2.91 bits per heavy atom. The molecule has 162 valence electrons. The fraction of sp³-hybridized carbons (Fsp3) is 0.227. The number of nitrogens with one attached hydrogen (secondary N) is 2. The molecule has 4 heterocycles. The van der Waals surface area contributed by atoms with E-state index in [1.807, 2.05) is 6.07 Å². The summed E-state index contributed by atoms with van der Waals surface area (Å²) < 4.78 is 21.2. The van der Waals surface area contributed by atoms with Gasteiger partial charge < -0.3 is 15.2 Å². The van der Waals surface area contributed by atoms with Crippen molar-refractivity contribution in [2.45, 2.75) is 24.8 Å². The average molecular weight is 451 g/mol. The van der Waals surface area contributed by atoms with Gasteiger partial charge in [0, 0.05) is 33.8 Å². The number of carbonyl (C=O) groups excluding carboxylic acids is 1. The smallest absolute Gasteiger partial charge is 0.413 e. The van der Waals surface area contributed by atoms with Gasteiger partial charge in [0.25, 0.3) is 5.95 Å². The van der Waals surface area contributed by atoms with Crippen LogP contribution >= 0.6 is 11.3 Å². The highest BCUT2D eigenvalue weighted by Gasteiger charge is 2.33. The van der Waals surface area contributed by atoms with E-state index < -0.39 is 18.0 Å². The number of benzene rings is 1. The molecule has 6 rings (SSSR count). The van der Waals surface area contributed by atoms with Gasteiger partial charge in [-0.05, 0) is 37.0 Å². The monoisotopic (exact) mass is 451 g/mol. The normalized spacial score (nSPS) is 16.9. The molecule has 0 radical (unpaired) electrons. The van der Waals surface area contributed by atoms with Crippen LogP contribution in [0, 0.1) is 5.82 Å². The molecule has 1 aliphatic heterocycles. The van der Waals surface area contributed by atoms with E-state index in [4.69, 9.17) is 0 Å². The number of hydrogen-bond donors (Lipinski definition) is 3. The number of phenolic OH excluding ortho intramolecular Hbond substituents is 1. The Hall–Kier alpha value is -3.66. The number of thiophene rings is 1. The lowest BCUT2D eigenvalue weighted by atomic mass is 9.99. The van der Waals surface area contributed by atoms with E-state index in [2.05, 4.69) is 31.5 Å². The molecule has 0 saturated heterocycles. The molecular weight excluding hydrogens is 433 g/mol. The van der Waals surface area contributed by atoms with Gasteiger partial charge in [0.05, 0.1) is 23.7 Å². The van der Waals surface area contributed by atoms with Crippen LogP contribution in [0.2, 0.25) is 0 Å². The summed E-state index contributed by atoms with van der Waals surface area (Å²) in [5.74, 6) is 0.0166. The number of anilines is 2. The van der Waals surface area contributed by atoms with Crippen molar-refractivity contribution in [3.05, 3.63) is 58.3 Å². The third-order valence-electron chi connectivity index (χ3n) is 5.81. The first-order valence-electron chi connectivity index (χ1n) is 10.1. The molecule has 1 amide bonds. The number of amides is 1. The third kappa shape index (κ3) is 2.98. The first-order valence-corrected chi connectivity index (χ1v) is 11.0. The Kier molecular flexibility index (Phi) is 4.12. The second-order valence-corrected chi connectivity index (χ2v) is 9.00. The van der Waals surface area contributed by atoms with Crippen molar-refractivity contribution in [3.8, 4) is 17.0 Å². The van der Waals surface area contributed by atoms with Crippen LogP contribution in [0.25, 0.3) is 16.8 Å². The number of methoxy groups -OCH3 is 1. The summed E-state index contributed by atoms with van der Waals surface area (Å²) in [5, 5.41) is 21.0. The maximum atomic E-state index is 14.9. The Labute approximate surface area is 185 Å². The number of nitrogens with zero attached hydrogens (tertiary/aromatic N) is 3. The highest BCUT2D eigenvalue weighted by molar-refractivity contribution is 7.16. The minimum Gasteiger partial charge on any atom is -0.508 e. The summed E-state index contributed by atoms with van der Waals surface area (Å²) in [6, 6.07) is 7.65. The van der Waals surface area contributed by atoms with Crippen molar-refractivity contribution in [3.63, 3.8) is 0 Å². The summed E-state index contributed by atoms with van der Waals surface area (Å²) in [5.41, 5.74) is 3.47. The summed E-state index contributed by atoms with van der Waals surface area (Å²) in [6.07, 6.45) is 3.40. The molecule has 1 atom stereocenters. The summed E-state index contributed by atoms with van der Waals surface area (Å²) in [7, 11) is 1.27. The molecule has 1 unspecified atom stereocenters. The molecule has 0 bridgehead atoms. The molecule has 8 nitrogen and oxygen atoms in total. The van der Waals surface area contributed by atoms with Crippen LogP contribution in [-0.4, -0.2) is 32.9 Å². The number of aromatic nitrogens is 3. The molecule has 4 aromatic rings. The molecule has 1 aromatic carbocycles. The molecule has 1 fully saturated rings. The lowest BCUT2D eigenvalue weighted by Crippen LogP contribution is -2.15. The predicted octanol–water partition coefficient (Wildman–Crippen LogP) is 4.87. The number of ether oxygens (including phenoxy) is 1. The van der Waals surface area contributed by atoms with E-state index in [1.54, 1.807) is 28.1 Å². The lowest BCUT2D eigenvalue weighted by Gasteiger charge is -2.19. The number of rotatable bonds is 3. The van der Waals surface area contributed by atoms with Gasteiger partial charge in [-0.3, -0.25) is 5.32 Å². The second-order valence-electron chi connectivity index (χ2n) is 7.91. The Bertz CT molecular complexity index is 1390. The van der Waals surface area contributed by atoms with Gasteiger partial charge in [0.1, 0.15) is 17.3 Å². The SMILES string of the molecule is COC(=O)Nc1nc2c3c(ccn3n1)C(c1ccc(O)cc1F)Nc1sc(C3CC3)cc1-2. The van der Waals surface area contributed by atoms with Gasteiger partial charge in [0.2, 0.25) is 0 Å². The predicted molar refractivity (Wildman–Crippen MR) is 118 cm³/mol. The minimum absolute atomic E-state index is 0.112. The van der Waals surface area contributed by atoms with Crippen LogP contribution in [0.15, 0.2) is 36.5 Å². The van der Waals surface area contributed by atoms with Gasteiger partial charge in [-0.25, -0.2) is 18.7 Å².